The van der Waals surface area contributed by atoms with E-state index in [0.29, 0.717) is 11.3 Å². The Balaban J connectivity index is 2.42. The van der Waals surface area contributed by atoms with Crippen molar-refractivity contribution in [1.82, 2.24) is 4.98 Å². The van der Waals surface area contributed by atoms with Gasteiger partial charge in [-0.1, -0.05) is 23.2 Å². The van der Waals surface area contributed by atoms with Gasteiger partial charge in [-0.05, 0) is 30.3 Å². The third-order valence-corrected chi connectivity index (χ3v) is 3.28. The topological polar surface area (TPSA) is 48.4 Å². The van der Waals surface area contributed by atoms with E-state index in [2.05, 4.69) is 14.5 Å². The number of esters is 1. The third kappa shape index (κ3) is 3.64. The minimum Gasteiger partial charge on any atom is -0.464 e. The van der Waals surface area contributed by atoms with Gasteiger partial charge in [-0.15, -0.1) is 0 Å². The van der Waals surface area contributed by atoms with Crippen molar-refractivity contribution in [3.63, 3.8) is 0 Å². The quantitative estimate of drug-likeness (QED) is 0.767. The van der Waals surface area contributed by atoms with Crippen LogP contribution in [0.4, 0.5) is 8.78 Å². The van der Waals surface area contributed by atoms with Crippen LogP contribution in [0.3, 0.4) is 0 Å². The molecule has 2 rings (SSSR count). The monoisotopic (exact) mass is 347 g/mol. The van der Waals surface area contributed by atoms with Gasteiger partial charge in [0.1, 0.15) is 5.75 Å². The molecule has 0 atom stereocenters. The first-order chi connectivity index (χ1) is 10.4. The lowest BCUT2D eigenvalue weighted by molar-refractivity contribution is -0.0498. The molecule has 1 aromatic heterocycles. The number of halogens is 4. The van der Waals surface area contributed by atoms with Crippen molar-refractivity contribution in [2.45, 2.75) is 6.61 Å². The van der Waals surface area contributed by atoms with Gasteiger partial charge in [0.15, 0.2) is 5.69 Å². The number of carbonyl (C=O) groups excluding carboxylic acids is 1. The zero-order chi connectivity index (χ0) is 16.3. The molecule has 0 aliphatic carbocycles. The van der Waals surface area contributed by atoms with Gasteiger partial charge in [0.2, 0.25) is 0 Å². The van der Waals surface area contributed by atoms with Crippen molar-refractivity contribution >= 4 is 29.2 Å². The Morgan fingerprint density at radius 3 is 2.50 bits per heavy atom. The van der Waals surface area contributed by atoms with E-state index in [-0.39, 0.29) is 21.5 Å². The highest BCUT2D eigenvalue weighted by atomic mass is 35.5. The SMILES string of the molecule is COC(=O)c1nc(-c2ccc(OC(F)F)cc2Cl)ccc1Cl. The zero-order valence-electron chi connectivity index (χ0n) is 11.1. The summed E-state index contributed by atoms with van der Waals surface area (Å²) in [6.45, 7) is -2.94. The summed E-state index contributed by atoms with van der Waals surface area (Å²) < 4.78 is 33.1. The van der Waals surface area contributed by atoms with Crippen LogP contribution in [0.1, 0.15) is 10.5 Å². The molecule has 0 fully saturated rings. The summed E-state index contributed by atoms with van der Waals surface area (Å²) in [6, 6.07) is 7.02. The van der Waals surface area contributed by atoms with Crippen LogP contribution < -0.4 is 4.74 Å². The van der Waals surface area contributed by atoms with E-state index in [1.807, 2.05) is 0 Å². The van der Waals surface area contributed by atoms with Crippen LogP contribution in [0.25, 0.3) is 11.3 Å². The Kier molecular flexibility index (Phi) is 5.15. The van der Waals surface area contributed by atoms with Gasteiger partial charge >= 0.3 is 12.6 Å². The maximum absolute atomic E-state index is 12.2. The fourth-order valence-electron chi connectivity index (χ4n) is 1.71. The third-order valence-electron chi connectivity index (χ3n) is 2.67. The summed E-state index contributed by atoms with van der Waals surface area (Å²) in [5.74, 6) is -0.772. The number of pyridine rings is 1. The van der Waals surface area contributed by atoms with Gasteiger partial charge in [0.05, 0.1) is 22.8 Å². The van der Waals surface area contributed by atoms with Gasteiger partial charge in [-0.25, -0.2) is 9.78 Å². The van der Waals surface area contributed by atoms with E-state index in [1.54, 1.807) is 6.07 Å². The van der Waals surface area contributed by atoms with E-state index in [0.717, 1.165) is 0 Å². The molecular weight excluding hydrogens is 339 g/mol. The number of benzene rings is 1. The van der Waals surface area contributed by atoms with Crippen molar-refractivity contribution in [3.8, 4) is 17.0 Å². The molecule has 0 N–H and O–H groups in total. The first-order valence-corrected chi connectivity index (χ1v) is 6.67. The molecule has 0 aliphatic rings. The summed E-state index contributed by atoms with van der Waals surface area (Å²) in [7, 11) is 1.20. The number of rotatable bonds is 4. The maximum atomic E-state index is 12.2. The predicted molar refractivity (Wildman–Crippen MR) is 77.7 cm³/mol. The number of hydrogen-bond donors (Lipinski definition) is 0. The highest BCUT2D eigenvalue weighted by molar-refractivity contribution is 6.34. The normalized spacial score (nSPS) is 10.6. The van der Waals surface area contributed by atoms with E-state index in [4.69, 9.17) is 23.2 Å². The van der Waals surface area contributed by atoms with Crippen LogP contribution in [0.15, 0.2) is 30.3 Å². The smallest absolute Gasteiger partial charge is 0.387 e. The Labute approximate surface area is 134 Å². The molecule has 1 heterocycles. The van der Waals surface area contributed by atoms with Crippen molar-refractivity contribution in [2.24, 2.45) is 0 Å². The number of alkyl halides is 2. The summed E-state index contributed by atoms with van der Waals surface area (Å²) in [4.78, 5) is 15.7. The van der Waals surface area contributed by atoms with E-state index in [1.165, 1.54) is 31.4 Å². The molecule has 22 heavy (non-hydrogen) atoms. The summed E-state index contributed by atoms with van der Waals surface area (Å²) in [6.07, 6.45) is 0. The second-order valence-corrected chi connectivity index (χ2v) is 4.85. The van der Waals surface area contributed by atoms with Gasteiger partial charge < -0.3 is 9.47 Å². The van der Waals surface area contributed by atoms with Crippen LogP contribution in [-0.4, -0.2) is 24.7 Å². The molecule has 0 spiro atoms. The number of hydrogen-bond acceptors (Lipinski definition) is 4. The lowest BCUT2D eigenvalue weighted by Gasteiger charge is -2.09. The number of aromatic nitrogens is 1. The zero-order valence-corrected chi connectivity index (χ0v) is 12.7. The van der Waals surface area contributed by atoms with Gasteiger partial charge in [0.25, 0.3) is 0 Å². The van der Waals surface area contributed by atoms with E-state index in [9.17, 15) is 13.6 Å². The molecule has 1 aromatic carbocycles. The second-order valence-electron chi connectivity index (χ2n) is 4.04. The largest absolute Gasteiger partial charge is 0.464 e. The first kappa shape index (κ1) is 16.5. The average molecular weight is 348 g/mol. The Bertz CT molecular complexity index is 710. The summed E-state index contributed by atoms with van der Waals surface area (Å²) in [5.41, 5.74) is 0.717. The molecule has 0 saturated heterocycles. The standard InChI is InChI=1S/C14H9Cl2F2NO3/c1-21-13(20)12-9(15)4-5-11(19-12)8-3-2-7(6-10(8)16)22-14(17)18/h2-6,14H,1H3. The van der Waals surface area contributed by atoms with Crippen LogP contribution in [0.2, 0.25) is 10.0 Å². The molecule has 8 heteroatoms. The lowest BCUT2D eigenvalue weighted by atomic mass is 10.1. The van der Waals surface area contributed by atoms with Crippen LogP contribution in [0, 0.1) is 0 Å². The van der Waals surface area contributed by atoms with Crippen LogP contribution in [0.5, 0.6) is 5.75 Å². The highest BCUT2D eigenvalue weighted by Crippen LogP contribution is 2.32. The summed E-state index contributed by atoms with van der Waals surface area (Å²) in [5, 5.41) is 0.271. The highest BCUT2D eigenvalue weighted by Gasteiger charge is 2.16. The molecule has 0 bridgehead atoms. The number of nitrogens with zero attached hydrogens (tertiary/aromatic N) is 1. The number of ether oxygens (including phenoxy) is 2. The fourth-order valence-corrected chi connectivity index (χ4v) is 2.16. The van der Waals surface area contributed by atoms with Gasteiger partial charge in [-0.3, -0.25) is 0 Å². The average Bonchev–Trinajstić information content (AvgIpc) is 2.47. The van der Waals surface area contributed by atoms with Crippen molar-refractivity contribution in [1.29, 1.82) is 0 Å². The second kappa shape index (κ2) is 6.89. The minimum atomic E-state index is -2.94. The maximum Gasteiger partial charge on any atom is 0.387 e. The van der Waals surface area contributed by atoms with Gasteiger partial charge in [-0.2, -0.15) is 8.78 Å². The summed E-state index contributed by atoms with van der Waals surface area (Å²) >= 11 is 11.9. The molecule has 2 aromatic rings. The molecule has 0 aliphatic heterocycles. The Morgan fingerprint density at radius 2 is 1.91 bits per heavy atom. The molecule has 4 nitrogen and oxygen atoms in total. The van der Waals surface area contributed by atoms with Crippen LogP contribution >= 0.6 is 23.2 Å². The molecule has 0 saturated carbocycles. The van der Waals surface area contributed by atoms with Gasteiger partial charge in [0, 0.05) is 5.56 Å². The fraction of sp³-hybridized carbons (Fsp3) is 0.143. The Hall–Kier alpha value is -1.92. The predicted octanol–water partition coefficient (Wildman–Crippen LogP) is 4.44. The van der Waals surface area contributed by atoms with Crippen molar-refractivity contribution in [2.75, 3.05) is 7.11 Å². The molecule has 0 unspecified atom stereocenters. The van der Waals surface area contributed by atoms with E-state index >= 15 is 0 Å². The number of methoxy groups -OCH3 is 1. The van der Waals surface area contributed by atoms with Crippen molar-refractivity contribution < 1.29 is 23.0 Å². The molecule has 0 radical (unpaired) electrons. The van der Waals surface area contributed by atoms with Crippen molar-refractivity contribution in [3.05, 3.63) is 46.1 Å². The molecular formula is C14H9Cl2F2NO3. The molecule has 0 amide bonds. The number of carbonyl (C=O) groups is 1. The van der Waals surface area contributed by atoms with E-state index < -0.39 is 12.6 Å². The Morgan fingerprint density at radius 1 is 1.18 bits per heavy atom. The minimum absolute atomic E-state index is 0.0642. The molecule has 116 valence electrons. The van der Waals surface area contributed by atoms with Crippen LogP contribution in [-0.2, 0) is 4.74 Å². The lowest BCUT2D eigenvalue weighted by Crippen LogP contribution is -2.06. The first-order valence-electron chi connectivity index (χ1n) is 5.92.